The van der Waals surface area contributed by atoms with Gasteiger partial charge in [-0.1, -0.05) is 18.2 Å². The van der Waals surface area contributed by atoms with Crippen molar-refractivity contribution in [1.29, 1.82) is 0 Å². The summed E-state index contributed by atoms with van der Waals surface area (Å²) in [5.74, 6) is -0.296. The fourth-order valence-electron chi connectivity index (χ4n) is 1.68. The number of hydrogen-bond donors (Lipinski definition) is 2. The van der Waals surface area contributed by atoms with Crippen LogP contribution in [0.4, 0.5) is 9.18 Å². The van der Waals surface area contributed by atoms with Crippen molar-refractivity contribution >= 4 is 12.0 Å². The number of carbonyl (C=O) groups is 2. The van der Waals surface area contributed by atoms with Crippen LogP contribution in [-0.4, -0.2) is 25.1 Å². The second-order valence-electron chi connectivity index (χ2n) is 4.39. The van der Waals surface area contributed by atoms with Gasteiger partial charge < -0.3 is 15.4 Å². The Kier molecular flexibility index (Phi) is 5.48. The van der Waals surface area contributed by atoms with Crippen molar-refractivity contribution in [3.05, 3.63) is 66.0 Å². The number of carbonyl (C=O) groups excluding carboxylic acids is 2. The lowest BCUT2D eigenvalue weighted by atomic mass is 10.2. The molecule has 0 bridgehead atoms. The normalized spacial score (nSPS) is 9.86. The average molecular weight is 302 g/mol. The van der Waals surface area contributed by atoms with E-state index in [1.54, 1.807) is 24.3 Å². The molecule has 2 aromatic carbocycles. The molecule has 2 rings (SSSR count). The Morgan fingerprint density at radius 1 is 0.909 bits per heavy atom. The molecular formula is C16H15FN2O3. The molecule has 0 spiro atoms. The zero-order valence-electron chi connectivity index (χ0n) is 11.7. The van der Waals surface area contributed by atoms with Crippen LogP contribution in [0.25, 0.3) is 0 Å². The Morgan fingerprint density at radius 3 is 2.23 bits per heavy atom. The summed E-state index contributed by atoms with van der Waals surface area (Å²) in [7, 11) is 0. The van der Waals surface area contributed by atoms with Crippen molar-refractivity contribution in [2.75, 3.05) is 13.1 Å². The Hall–Kier alpha value is -2.89. The minimum atomic E-state index is -0.595. The summed E-state index contributed by atoms with van der Waals surface area (Å²) in [6, 6.07) is 13.9. The Morgan fingerprint density at radius 2 is 1.55 bits per heavy atom. The van der Waals surface area contributed by atoms with Crippen LogP contribution in [0.1, 0.15) is 10.4 Å². The van der Waals surface area contributed by atoms with Crippen LogP contribution in [0, 0.1) is 5.82 Å². The lowest BCUT2D eigenvalue weighted by Crippen LogP contribution is -2.36. The van der Waals surface area contributed by atoms with Crippen molar-refractivity contribution in [2.45, 2.75) is 0 Å². The number of para-hydroxylation sites is 1. The van der Waals surface area contributed by atoms with E-state index in [0.29, 0.717) is 11.3 Å². The molecule has 2 aromatic rings. The quantitative estimate of drug-likeness (QED) is 0.833. The third-order valence-corrected chi connectivity index (χ3v) is 2.74. The molecule has 0 aliphatic rings. The maximum Gasteiger partial charge on any atom is 0.412 e. The molecule has 0 aliphatic heterocycles. The zero-order chi connectivity index (χ0) is 15.8. The van der Waals surface area contributed by atoms with Gasteiger partial charge in [0.25, 0.3) is 5.91 Å². The Balaban J connectivity index is 1.67. The minimum absolute atomic E-state index is 0.221. The molecule has 0 saturated carbocycles. The van der Waals surface area contributed by atoms with Gasteiger partial charge in [-0.3, -0.25) is 4.79 Å². The van der Waals surface area contributed by atoms with Crippen molar-refractivity contribution in [1.82, 2.24) is 10.6 Å². The van der Waals surface area contributed by atoms with E-state index in [0.717, 1.165) is 0 Å². The lowest BCUT2D eigenvalue weighted by Gasteiger charge is -2.08. The molecular weight excluding hydrogens is 287 g/mol. The van der Waals surface area contributed by atoms with E-state index in [1.165, 1.54) is 24.3 Å². The van der Waals surface area contributed by atoms with E-state index >= 15 is 0 Å². The highest BCUT2D eigenvalue weighted by atomic mass is 19.1. The molecule has 0 aliphatic carbocycles. The number of hydrogen-bond acceptors (Lipinski definition) is 3. The van der Waals surface area contributed by atoms with Gasteiger partial charge in [-0.2, -0.15) is 0 Å². The topological polar surface area (TPSA) is 67.4 Å². The highest BCUT2D eigenvalue weighted by Gasteiger charge is 2.06. The summed E-state index contributed by atoms with van der Waals surface area (Å²) in [6.07, 6.45) is -0.595. The summed E-state index contributed by atoms with van der Waals surface area (Å²) in [5, 5.41) is 5.12. The summed E-state index contributed by atoms with van der Waals surface area (Å²) >= 11 is 0. The molecule has 2 N–H and O–H groups in total. The number of halogens is 1. The molecule has 0 heterocycles. The summed E-state index contributed by atoms with van der Waals surface area (Å²) in [5.41, 5.74) is 0.355. The van der Waals surface area contributed by atoms with Gasteiger partial charge in [-0.05, 0) is 36.4 Å². The average Bonchev–Trinajstić information content (AvgIpc) is 2.53. The Labute approximate surface area is 127 Å². The van der Waals surface area contributed by atoms with Crippen LogP contribution in [0.2, 0.25) is 0 Å². The van der Waals surface area contributed by atoms with E-state index in [4.69, 9.17) is 4.74 Å². The second kappa shape index (κ2) is 7.78. The zero-order valence-corrected chi connectivity index (χ0v) is 11.7. The van der Waals surface area contributed by atoms with E-state index in [2.05, 4.69) is 10.6 Å². The van der Waals surface area contributed by atoms with Gasteiger partial charge in [-0.15, -0.1) is 0 Å². The second-order valence-corrected chi connectivity index (χ2v) is 4.39. The van der Waals surface area contributed by atoms with Crippen LogP contribution in [0.15, 0.2) is 54.6 Å². The molecule has 0 atom stereocenters. The van der Waals surface area contributed by atoms with Gasteiger partial charge in [-0.25, -0.2) is 9.18 Å². The van der Waals surface area contributed by atoms with Crippen molar-refractivity contribution in [3.63, 3.8) is 0 Å². The smallest absolute Gasteiger partial charge is 0.410 e. The maximum absolute atomic E-state index is 12.7. The molecule has 0 unspecified atom stereocenters. The maximum atomic E-state index is 12.7. The molecule has 0 fully saturated rings. The molecule has 0 aromatic heterocycles. The van der Waals surface area contributed by atoms with Crippen LogP contribution < -0.4 is 15.4 Å². The number of nitrogens with one attached hydrogen (secondary N) is 2. The Bertz CT molecular complexity index is 630. The predicted octanol–water partition coefficient (Wildman–Crippen LogP) is 2.34. The molecule has 22 heavy (non-hydrogen) atoms. The highest BCUT2D eigenvalue weighted by Crippen LogP contribution is 2.07. The van der Waals surface area contributed by atoms with E-state index < -0.39 is 11.9 Å². The largest absolute Gasteiger partial charge is 0.412 e. The number of rotatable bonds is 5. The third-order valence-electron chi connectivity index (χ3n) is 2.74. The van der Waals surface area contributed by atoms with Gasteiger partial charge >= 0.3 is 6.09 Å². The van der Waals surface area contributed by atoms with Crippen LogP contribution in [0.5, 0.6) is 5.75 Å². The van der Waals surface area contributed by atoms with E-state index in [9.17, 15) is 14.0 Å². The predicted molar refractivity (Wildman–Crippen MR) is 79.2 cm³/mol. The number of amides is 2. The SMILES string of the molecule is O=C(NCCNC(=O)c1ccc(F)cc1)Oc1ccccc1. The molecule has 5 nitrogen and oxygen atoms in total. The highest BCUT2D eigenvalue weighted by molar-refractivity contribution is 5.94. The third kappa shape index (κ3) is 4.90. The van der Waals surface area contributed by atoms with Gasteiger partial charge in [0.15, 0.2) is 0 Å². The summed E-state index contributed by atoms with van der Waals surface area (Å²) in [6.45, 7) is 0.457. The van der Waals surface area contributed by atoms with Crippen LogP contribution in [0.3, 0.4) is 0 Å². The lowest BCUT2D eigenvalue weighted by molar-refractivity contribution is 0.0953. The summed E-state index contributed by atoms with van der Waals surface area (Å²) < 4.78 is 17.7. The van der Waals surface area contributed by atoms with Gasteiger partial charge in [0.2, 0.25) is 0 Å². The van der Waals surface area contributed by atoms with Crippen molar-refractivity contribution in [2.24, 2.45) is 0 Å². The van der Waals surface area contributed by atoms with Crippen molar-refractivity contribution in [3.8, 4) is 5.75 Å². The summed E-state index contributed by atoms with van der Waals surface area (Å²) in [4.78, 5) is 23.2. The number of benzene rings is 2. The first-order valence-corrected chi connectivity index (χ1v) is 6.69. The van der Waals surface area contributed by atoms with Gasteiger partial charge in [0.1, 0.15) is 11.6 Å². The number of ether oxygens (including phenoxy) is 1. The minimum Gasteiger partial charge on any atom is -0.410 e. The first kappa shape index (κ1) is 15.5. The van der Waals surface area contributed by atoms with Crippen LogP contribution >= 0.6 is 0 Å². The monoisotopic (exact) mass is 302 g/mol. The van der Waals surface area contributed by atoms with Gasteiger partial charge in [0, 0.05) is 18.7 Å². The standard InChI is InChI=1S/C16H15FN2O3/c17-13-8-6-12(7-9-13)15(20)18-10-11-19-16(21)22-14-4-2-1-3-5-14/h1-9H,10-11H2,(H,18,20)(H,19,21). The molecule has 114 valence electrons. The van der Waals surface area contributed by atoms with Crippen molar-refractivity contribution < 1.29 is 18.7 Å². The molecule has 6 heteroatoms. The fraction of sp³-hybridized carbons (Fsp3) is 0.125. The first-order valence-electron chi connectivity index (χ1n) is 6.69. The van der Waals surface area contributed by atoms with Gasteiger partial charge in [0.05, 0.1) is 0 Å². The molecule has 0 saturated heterocycles. The fourth-order valence-corrected chi connectivity index (χ4v) is 1.68. The molecule has 0 radical (unpaired) electrons. The van der Waals surface area contributed by atoms with E-state index in [1.807, 2.05) is 6.07 Å². The van der Waals surface area contributed by atoms with E-state index in [-0.39, 0.29) is 19.0 Å². The van der Waals surface area contributed by atoms with Crippen LogP contribution in [-0.2, 0) is 0 Å². The first-order chi connectivity index (χ1) is 10.6. The molecule has 2 amide bonds.